The van der Waals surface area contributed by atoms with E-state index in [9.17, 15) is 4.79 Å². The Morgan fingerprint density at radius 3 is 2.73 bits per heavy atom. The zero-order valence-corrected chi connectivity index (χ0v) is 18.0. The third-order valence-corrected chi connectivity index (χ3v) is 6.61. The van der Waals surface area contributed by atoms with Crippen LogP contribution in [-0.4, -0.2) is 59.7 Å². The summed E-state index contributed by atoms with van der Waals surface area (Å²) in [5.41, 5.74) is 4.15. The highest BCUT2D eigenvalue weighted by molar-refractivity contribution is 5.92. The maximum Gasteiger partial charge on any atom is 0.414 e. The van der Waals surface area contributed by atoms with Crippen molar-refractivity contribution < 1.29 is 14.3 Å². The van der Waals surface area contributed by atoms with Crippen LogP contribution in [0.5, 0.6) is 5.75 Å². The van der Waals surface area contributed by atoms with Crippen molar-refractivity contribution in [2.24, 2.45) is 0 Å². The standard InChI is InChI=1S/C23H30N4O3/c1-4-25-13-18(14-25)30-22-19(16-11-24-26(12-16)17-6-7-17)9-10-21-20(22)8-5-15(2)27(21)23(28)29-3/h9-12,15,17-18H,4-8,13-14H2,1-3H3. The number of benzene rings is 1. The number of hydrogen-bond donors (Lipinski definition) is 0. The van der Waals surface area contributed by atoms with Gasteiger partial charge in [-0.3, -0.25) is 14.5 Å². The van der Waals surface area contributed by atoms with Crippen molar-refractivity contribution in [3.8, 4) is 16.9 Å². The number of amides is 1. The van der Waals surface area contributed by atoms with Crippen LogP contribution in [-0.2, 0) is 11.2 Å². The van der Waals surface area contributed by atoms with Crippen LogP contribution in [0.15, 0.2) is 24.5 Å². The normalized spacial score (nSPS) is 21.8. The first-order valence-corrected chi connectivity index (χ1v) is 11.1. The van der Waals surface area contributed by atoms with E-state index in [1.54, 1.807) is 4.90 Å². The molecule has 3 heterocycles. The van der Waals surface area contributed by atoms with Gasteiger partial charge in [0.05, 0.1) is 25.0 Å². The number of rotatable bonds is 5. The molecular weight excluding hydrogens is 380 g/mol. The van der Waals surface area contributed by atoms with Gasteiger partial charge in [0.15, 0.2) is 0 Å². The van der Waals surface area contributed by atoms with E-state index < -0.39 is 0 Å². The number of methoxy groups -OCH3 is 1. The molecule has 1 amide bonds. The van der Waals surface area contributed by atoms with E-state index in [1.807, 2.05) is 12.3 Å². The van der Waals surface area contributed by atoms with Crippen molar-refractivity contribution >= 4 is 11.8 Å². The molecule has 1 unspecified atom stereocenters. The second-order valence-electron chi connectivity index (χ2n) is 8.70. The molecule has 1 atom stereocenters. The van der Waals surface area contributed by atoms with Gasteiger partial charge in [0, 0.05) is 42.0 Å². The number of ether oxygens (including phenoxy) is 2. The van der Waals surface area contributed by atoms with Gasteiger partial charge < -0.3 is 9.47 Å². The molecule has 2 aromatic rings. The molecule has 160 valence electrons. The Morgan fingerprint density at radius 2 is 2.03 bits per heavy atom. The Kier molecular flexibility index (Phi) is 4.93. The first-order valence-electron chi connectivity index (χ1n) is 11.1. The first-order chi connectivity index (χ1) is 14.6. The quantitative estimate of drug-likeness (QED) is 0.749. The predicted molar refractivity (Wildman–Crippen MR) is 115 cm³/mol. The van der Waals surface area contributed by atoms with Crippen LogP contribution in [0.25, 0.3) is 11.1 Å². The van der Waals surface area contributed by atoms with Gasteiger partial charge in [-0.2, -0.15) is 5.10 Å². The van der Waals surface area contributed by atoms with Crippen LogP contribution >= 0.6 is 0 Å². The number of carbonyl (C=O) groups is 1. The molecule has 1 saturated carbocycles. The van der Waals surface area contributed by atoms with Crippen molar-refractivity contribution in [3.05, 3.63) is 30.1 Å². The Labute approximate surface area is 177 Å². The topological polar surface area (TPSA) is 59.8 Å². The molecular formula is C23H30N4O3. The Hall–Kier alpha value is -2.54. The Balaban J connectivity index is 1.55. The maximum atomic E-state index is 12.5. The molecule has 5 rings (SSSR count). The van der Waals surface area contributed by atoms with Gasteiger partial charge >= 0.3 is 6.09 Å². The van der Waals surface area contributed by atoms with Crippen molar-refractivity contribution in [2.75, 3.05) is 31.6 Å². The lowest BCUT2D eigenvalue weighted by Crippen LogP contribution is -2.53. The highest BCUT2D eigenvalue weighted by Gasteiger charge is 2.35. The third kappa shape index (κ3) is 3.35. The minimum atomic E-state index is -0.315. The van der Waals surface area contributed by atoms with Gasteiger partial charge in [-0.25, -0.2) is 4.79 Å². The number of nitrogens with zero attached hydrogens (tertiary/aromatic N) is 4. The predicted octanol–water partition coefficient (Wildman–Crippen LogP) is 3.88. The number of carbonyl (C=O) groups excluding carboxylic acids is 1. The summed E-state index contributed by atoms with van der Waals surface area (Å²) in [5, 5.41) is 4.58. The van der Waals surface area contributed by atoms with Gasteiger partial charge in [-0.15, -0.1) is 0 Å². The number of anilines is 1. The Bertz CT molecular complexity index is 946. The van der Waals surface area contributed by atoms with E-state index >= 15 is 0 Å². The van der Waals surface area contributed by atoms with Crippen LogP contribution in [0.1, 0.15) is 44.7 Å². The molecule has 0 radical (unpaired) electrons. The molecule has 0 spiro atoms. The third-order valence-electron chi connectivity index (χ3n) is 6.61. The molecule has 0 bridgehead atoms. The van der Waals surface area contributed by atoms with Crippen molar-refractivity contribution in [2.45, 2.75) is 57.7 Å². The molecule has 1 aromatic heterocycles. The molecule has 2 fully saturated rings. The second kappa shape index (κ2) is 7.61. The molecule has 1 saturated heterocycles. The fraction of sp³-hybridized carbons (Fsp3) is 0.565. The highest BCUT2D eigenvalue weighted by Crippen LogP contribution is 2.44. The van der Waals surface area contributed by atoms with E-state index in [0.717, 1.165) is 60.6 Å². The summed E-state index contributed by atoms with van der Waals surface area (Å²) in [6, 6.07) is 4.76. The number of hydrogen-bond acceptors (Lipinski definition) is 5. The zero-order valence-electron chi connectivity index (χ0n) is 18.0. The van der Waals surface area contributed by atoms with E-state index in [2.05, 4.69) is 40.8 Å². The molecule has 0 N–H and O–H groups in total. The van der Waals surface area contributed by atoms with E-state index in [0.29, 0.717) is 6.04 Å². The molecule has 3 aliphatic rings. The highest BCUT2D eigenvalue weighted by atomic mass is 16.5. The minimum Gasteiger partial charge on any atom is -0.487 e. The van der Waals surface area contributed by atoms with Gasteiger partial charge in [-0.05, 0) is 51.3 Å². The number of likely N-dealkylation sites (tertiary alicyclic amines) is 1. The fourth-order valence-corrected chi connectivity index (χ4v) is 4.58. The lowest BCUT2D eigenvalue weighted by atomic mass is 9.92. The average Bonchev–Trinajstić information content (AvgIpc) is 3.46. The number of fused-ring (bicyclic) bond motifs is 1. The van der Waals surface area contributed by atoms with Crippen LogP contribution in [0, 0.1) is 0 Å². The monoisotopic (exact) mass is 410 g/mol. The van der Waals surface area contributed by atoms with Gasteiger partial charge in [0.25, 0.3) is 0 Å². The number of likely N-dealkylation sites (N-methyl/N-ethyl adjacent to an activating group) is 1. The zero-order chi connectivity index (χ0) is 20.8. The minimum absolute atomic E-state index is 0.0977. The van der Waals surface area contributed by atoms with Crippen molar-refractivity contribution in [1.82, 2.24) is 14.7 Å². The lowest BCUT2D eigenvalue weighted by molar-refractivity contribution is 0.0236. The Morgan fingerprint density at radius 1 is 1.23 bits per heavy atom. The van der Waals surface area contributed by atoms with Gasteiger partial charge in [-0.1, -0.05) is 6.92 Å². The summed E-state index contributed by atoms with van der Waals surface area (Å²) < 4.78 is 13.7. The van der Waals surface area contributed by atoms with Gasteiger partial charge in [0.2, 0.25) is 0 Å². The number of aromatic nitrogens is 2. The second-order valence-corrected chi connectivity index (χ2v) is 8.70. The molecule has 7 heteroatoms. The lowest BCUT2D eigenvalue weighted by Gasteiger charge is -2.40. The van der Waals surface area contributed by atoms with E-state index in [1.165, 1.54) is 20.0 Å². The molecule has 1 aliphatic carbocycles. The first kappa shape index (κ1) is 19.4. The maximum absolute atomic E-state index is 12.5. The summed E-state index contributed by atoms with van der Waals surface area (Å²) in [5.74, 6) is 0.907. The average molecular weight is 411 g/mol. The van der Waals surface area contributed by atoms with Crippen LogP contribution in [0.3, 0.4) is 0 Å². The summed E-state index contributed by atoms with van der Waals surface area (Å²) in [6.07, 6.45) is 8.11. The molecule has 2 aliphatic heterocycles. The molecule has 30 heavy (non-hydrogen) atoms. The van der Waals surface area contributed by atoms with Crippen molar-refractivity contribution in [1.29, 1.82) is 0 Å². The van der Waals surface area contributed by atoms with Gasteiger partial charge in [0.1, 0.15) is 11.9 Å². The van der Waals surface area contributed by atoms with E-state index in [-0.39, 0.29) is 18.2 Å². The van der Waals surface area contributed by atoms with E-state index in [4.69, 9.17) is 9.47 Å². The largest absolute Gasteiger partial charge is 0.487 e. The molecule has 7 nitrogen and oxygen atoms in total. The smallest absolute Gasteiger partial charge is 0.414 e. The SMILES string of the molecule is CCN1CC(Oc2c(-c3cnn(C4CC4)c3)ccc3c2CCC(C)N3C(=O)OC)C1. The van der Waals surface area contributed by atoms with Crippen LogP contribution in [0.4, 0.5) is 10.5 Å². The summed E-state index contributed by atoms with van der Waals surface area (Å²) in [6.45, 7) is 7.17. The van der Waals surface area contributed by atoms with Crippen molar-refractivity contribution in [3.63, 3.8) is 0 Å². The summed E-state index contributed by atoms with van der Waals surface area (Å²) >= 11 is 0. The molecule has 1 aromatic carbocycles. The summed E-state index contributed by atoms with van der Waals surface area (Å²) in [4.78, 5) is 16.6. The summed E-state index contributed by atoms with van der Waals surface area (Å²) in [7, 11) is 1.44. The van der Waals surface area contributed by atoms with Crippen LogP contribution in [0.2, 0.25) is 0 Å². The fourth-order valence-electron chi connectivity index (χ4n) is 4.58. The van der Waals surface area contributed by atoms with Crippen LogP contribution < -0.4 is 9.64 Å².